The van der Waals surface area contributed by atoms with Gasteiger partial charge in [-0.1, -0.05) is 12.1 Å². The Labute approximate surface area is 161 Å². The SMILES string of the molecule is CC(=O)NCc1cccc2c1C(=O)N([C@H]1CCC(=O)NC1=O)C2=O.CSC. The van der Waals surface area contributed by atoms with Gasteiger partial charge in [-0.15, -0.1) is 0 Å². The number of nitrogens with one attached hydrogen (secondary N) is 2. The van der Waals surface area contributed by atoms with Crippen molar-refractivity contribution in [3.8, 4) is 0 Å². The summed E-state index contributed by atoms with van der Waals surface area (Å²) >= 11 is 1.75. The van der Waals surface area contributed by atoms with E-state index in [0.29, 0.717) is 5.56 Å². The van der Waals surface area contributed by atoms with Crippen molar-refractivity contribution < 1.29 is 24.0 Å². The number of benzene rings is 1. The highest BCUT2D eigenvalue weighted by Gasteiger charge is 2.45. The Morgan fingerprint density at radius 1 is 1.22 bits per heavy atom. The highest BCUT2D eigenvalue weighted by Crippen LogP contribution is 2.29. The van der Waals surface area contributed by atoms with Gasteiger partial charge >= 0.3 is 0 Å². The smallest absolute Gasteiger partial charge is 0.262 e. The monoisotopic (exact) mass is 391 g/mol. The second-order valence-electron chi connectivity index (χ2n) is 6.10. The predicted octanol–water partition coefficient (Wildman–Crippen LogP) is 0.703. The number of nitrogens with zero attached hydrogens (tertiary/aromatic N) is 1. The normalized spacial score (nSPS) is 18.5. The second kappa shape index (κ2) is 8.81. The molecule has 1 fully saturated rings. The van der Waals surface area contributed by atoms with Crippen LogP contribution in [0.5, 0.6) is 0 Å². The maximum absolute atomic E-state index is 12.7. The summed E-state index contributed by atoms with van der Waals surface area (Å²) in [5, 5.41) is 4.74. The Morgan fingerprint density at radius 2 is 1.89 bits per heavy atom. The van der Waals surface area contributed by atoms with Crippen LogP contribution in [0.1, 0.15) is 46.0 Å². The number of imide groups is 2. The zero-order valence-corrected chi connectivity index (χ0v) is 16.1. The molecular formula is C18H21N3O5S. The van der Waals surface area contributed by atoms with Crippen molar-refractivity contribution in [3.05, 3.63) is 34.9 Å². The Kier molecular flexibility index (Phi) is 6.73. The molecule has 9 heteroatoms. The van der Waals surface area contributed by atoms with Crippen LogP contribution in [0.2, 0.25) is 0 Å². The van der Waals surface area contributed by atoms with Gasteiger partial charge in [0, 0.05) is 19.9 Å². The largest absolute Gasteiger partial charge is 0.352 e. The average molecular weight is 391 g/mol. The Morgan fingerprint density at radius 3 is 2.48 bits per heavy atom. The zero-order chi connectivity index (χ0) is 20.1. The highest BCUT2D eigenvalue weighted by molar-refractivity contribution is 7.97. The summed E-state index contributed by atoms with van der Waals surface area (Å²) in [4.78, 5) is 60.6. The van der Waals surface area contributed by atoms with Crippen LogP contribution in [-0.2, 0) is 20.9 Å². The number of piperidine rings is 1. The summed E-state index contributed by atoms with van der Waals surface area (Å²) in [5.41, 5.74) is 0.907. The minimum atomic E-state index is -0.997. The van der Waals surface area contributed by atoms with Gasteiger partial charge in [0.05, 0.1) is 11.1 Å². The molecule has 2 aliphatic heterocycles. The van der Waals surface area contributed by atoms with Gasteiger partial charge in [-0.05, 0) is 30.6 Å². The number of rotatable bonds is 3. The van der Waals surface area contributed by atoms with E-state index in [4.69, 9.17) is 0 Å². The van der Waals surface area contributed by atoms with Crippen LogP contribution in [0.15, 0.2) is 18.2 Å². The Bertz CT molecular complexity index is 808. The van der Waals surface area contributed by atoms with E-state index in [9.17, 15) is 24.0 Å². The number of hydrogen-bond acceptors (Lipinski definition) is 6. The first kappa shape index (κ1) is 20.6. The molecule has 27 heavy (non-hydrogen) atoms. The molecule has 5 amide bonds. The molecule has 144 valence electrons. The van der Waals surface area contributed by atoms with Crippen LogP contribution in [0.3, 0.4) is 0 Å². The fourth-order valence-corrected chi connectivity index (χ4v) is 2.95. The summed E-state index contributed by atoms with van der Waals surface area (Å²) in [6.45, 7) is 1.46. The fourth-order valence-electron chi connectivity index (χ4n) is 2.95. The van der Waals surface area contributed by atoms with E-state index in [1.54, 1.807) is 23.9 Å². The van der Waals surface area contributed by atoms with Gasteiger partial charge in [0.25, 0.3) is 11.8 Å². The molecule has 0 unspecified atom stereocenters. The molecule has 1 aromatic carbocycles. The van der Waals surface area contributed by atoms with Crippen molar-refractivity contribution >= 4 is 41.3 Å². The van der Waals surface area contributed by atoms with E-state index in [1.807, 2.05) is 12.5 Å². The number of hydrogen-bond donors (Lipinski definition) is 2. The second-order valence-corrected chi connectivity index (χ2v) is 6.92. The number of carbonyl (C=O) groups is 5. The molecule has 1 aromatic rings. The topological polar surface area (TPSA) is 113 Å². The molecule has 3 rings (SSSR count). The van der Waals surface area contributed by atoms with Crippen LogP contribution < -0.4 is 10.6 Å². The van der Waals surface area contributed by atoms with Crippen LogP contribution in [0.25, 0.3) is 0 Å². The number of carbonyl (C=O) groups excluding carboxylic acids is 5. The molecule has 2 aliphatic rings. The highest BCUT2D eigenvalue weighted by atomic mass is 32.2. The average Bonchev–Trinajstić information content (AvgIpc) is 2.86. The Balaban J connectivity index is 0.000000817. The summed E-state index contributed by atoms with van der Waals surface area (Å²) in [6.07, 6.45) is 4.26. The van der Waals surface area contributed by atoms with Crippen molar-refractivity contribution in [2.45, 2.75) is 32.4 Å². The first-order chi connectivity index (χ1) is 12.8. The van der Waals surface area contributed by atoms with E-state index < -0.39 is 29.7 Å². The summed E-state index contributed by atoms with van der Waals surface area (Å²) in [7, 11) is 0. The van der Waals surface area contributed by atoms with Gasteiger partial charge in [0.1, 0.15) is 6.04 Å². The predicted molar refractivity (Wildman–Crippen MR) is 100 cm³/mol. The minimum absolute atomic E-state index is 0.0720. The lowest BCUT2D eigenvalue weighted by molar-refractivity contribution is -0.136. The lowest BCUT2D eigenvalue weighted by atomic mass is 10.0. The van der Waals surface area contributed by atoms with Gasteiger partial charge in [-0.3, -0.25) is 34.2 Å². The van der Waals surface area contributed by atoms with Gasteiger partial charge in [0.2, 0.25) is 17.7 Å². The van der Waals surface area contributed by atoms with Crippen LogP contribution in [0, 0.1) is 0 Å². The van der Waals surface area contributed by atoms with Crippen molar-refractivity contribution in [1.29, 1.82) is 0 Å². The van der Waals surface area contributed by atoms with Gasteiger partial charge in [-0.2, -0.15) is 11.8 Å². The molecular weight excluding hydrogens is 370 g/mol. The number of fused-ring (bicyclic) bond motifs is 1. The van der Waals surface area contributed by atoms with Crippen molar-refractivity contribution in [2.24, 2.45) is 0 Å². The fraction of sp³-hybridized carbons (Fsp3) is 0.389. The third-order valence-corrected chi connectivity index (χ3v) is 4.08. The standard InChI is InChI=1S/C16H15N3O5.C2H6S/c1-8(20)17-7-9-3-2-4-10-13(9)16(24)19(15(10)23)11-5-6-12(21)18-14(11)22;1-3-2/h2-4,11H,5-7H2,1H3,(H,17,20)(H,18,21,22);1-2H3/t11-;/m0./s1. The molecule has 2 N–H and O–H groups in total. The molecule has 0 bridgehead atoms. The summed E-state index contributed by atoms with van der Waals surface area (Å²) in [5.74, 6) is -2.46. The molecule has 0 radical (unpaired) electrons. The van der Waals surface area contributed by atoms with E-state index >= 15 is 0 Å². The van der Waals surface area contributed by atoms with Crippen LogP contribution in [-0.4, -0.2) is 53.0 Å². The Hall–Kier alpha value is -2.68. The van der Waals surface area contributed by atoms with E-state index in [0.717, 1.165) is 4.90 Å². The van der Waals surface area contributed by atoms with Crippen LogP contribution in [0.4, 0.5) is 0 Å². The number of amides is 5. The van der Waals surface area contributed by atoms with Crippen molar-refractivity contribution in [2.75, 3.05) is 12.5 Å². The first-order valence-corrected chi connectivity index (χ1v) is 9.93. The third kappa shape index (κ3) is 4.36. The molecule has 1 atom stereocenters. The van der Waals surface area contributed by atoms with Crippen molar-refractivity contribution in [1.82, 2.24) is 15.5 Å². The summed E-state index contributed by atoms with van der Waals surface area (Å²) in [6, 6.07) is 3.78. The maximum atomic E-state index is 12.7. The molecule has 0 spiro atoms. The lowest BCUT2D eigenvalue weighted by Gasteiger charge is -2.27. The molecule has 0 aromatic heterocycles. The van der Waals surface area contributed by atoms with E-state index in [2.05, 4.69) is 10.6 Å². The molecule has 0 aliphatic carbocycles. The first-order valence-electron chi connectivity index (χ1n) is 8.29. The quantitative estimate of drug-likeness (QED) is 0.734. The molecule has 8 nitrogen and oxygen atoms in total. The zero-order valence-electron chi connectivity index (χ0n) is 15.3. The van der Waals surface area contributed by atoms with E-state index in [1.165, 1.54) is 13.0 Å². The molecule has 2 heterocycles. The molecule has 1 saturated heterocycles. The maximum Gasteiger partial charge on any atom is 0.262 e. The van der Waals surface area contributed by atoms with Crippen LogP contribution >= 0.6 is 11.8 Å². The summed E-state index contributed by atoms with van der Waals surface area (Å²) < 4.78 is 0. The van der Waals surface area contributed by atoms with E-state index in [-0.39, 0.29) is 36.4 Å². The van der Waals surface area contributed by atoms with Gasteiger partial charge in [0.15, 0.2) is 0 Å². The minimum Gasteiger partial charge on any atom is -0.352 e. The molecule has 0 saturated carbocycles. The lowest BCUT2D eigenvalue weighted by Crippen LogP contribution is -2.54. The third-order valence-electron chi connectivity index (χ3n) is 4.08. The number of thioether (sulfide) groups is 1. The van der Waals surface area contributed by atoms with Crippen molar-refractivity contribution in [3.63, 3.8) is 0 Å². The van der Waals surface area contributed by atoms with Gasteiger partial charge in [-0.25, -0.2) is 0 Å². The van der Waals surface area contributed by atoms with Gasteiger partial charge < -0.3 is 5.32 Å².